The van der Waals surface area contributed by atoms with Crippen molar-refractivity contribution in [1.82, 2.24) is 20.4 Å². The summed E-state index contributed by atoms with van der Waals surface area (Å²) < 4.78 is 24.3. The standard InChI is InChI=1S/C16H15FN4O2/c1-9-6-12(11-3-2-10(17)7-13(11)19-9)16-20-15(21-23-16)14-8-22-5-4-18-14/h2-3,6-7,14,18H,4-5,8H2,1H3. The summed E-state index contributed by atoms with van der Waals surface area (Å²) in [6.07, 6.45) is 0. The van der Waals surface area contributed by atoms with Gasteiger partial charge in [-0.2, -0.15) is 4.98 Å². The molecule has 2 aromatic heterocycles. The molecule has 7 heteroatoms. The molecular formula is C16H15FN4O2. The first-order valence-corrected chi connectivity index (χ1v) is 7.43. The Hall–Kier alpha value is -2.38. The number of morpholine rings is 1. The van der Waals surface area contributed by atoms with Crippen molar-refractivity contribution < 1.29 is 13.7 Å². The number of hydrogen-bond acceptors (Lipinski definition) is 6. The molecule has 0 saturated carbocycles. The van der Waals surface area contributed by atoms with Crippen molar-refractivity contribution in [2.24, 2.45) is 0 Å². The van der Waals surface area contributed by atoms with Crippen LogP contribution < -0.4 is 5.32 Å². The minimum absolute atomic E-state index is 0.0760. The molecule has 1 N–H and O–H groups in total. The summed E-state index contributed by atoms with van der Waals surface area (Å²) in [5.74, 6) is 0.634. The van der Waals surface area contributed by atoms with Crippen LogP contribution >= 0.6 is 0 Å². The van der Waals surface area contributed by atoms with Gasteiger partial charge in [0.15, 0.2) is 5.82 Å². The lowest BCUT2D eigenvalue weighted by atomic mass is 10.1. The summed E-state index contributed by atoms with van der Waals surface area (Å²) in [6.45, 7) is 3.80. The van der Waals surface area contributed by atoms with E-state index in [0.29, 0.717) is 30.4 Å². The SMILES string of the molecule is Cc1cc(-c2nc(C3COCCN3)no2)c2ccc(F)cc2n1. The predicted octanol–water partition coefficient (Wildman–Crippen LogP) is 2.39. The Labute approximate surface area is 131 Å². The number of pyridine rings is 1. The van der Waals surface area contributed by atoms with Crippen LogP contribution in [0, 0.1) is 12.7 Å². The Morgan fingerprint density at radius 3 is 3.00 bits per heavy atom. The van der Waals surface area contributed by atoms with Crippen LogP contribution in [0.3, 0.4) is 0 Å². The van der Waals surface area contributed by atoms with E-state index in [2.05, 4.69) is 20.4 Å². The molecule has 1 aliphatic heterocycles. The monoisotopic (exact) mass is 314 g/mol. The Morgan fingerprint density at radius 1 is 1.26 bits per heavy atom. The normalized spacial score (nSPS) is 18.4. The van der Waals surface area contributed by atoms with Crippen LogP contribution in [-0.4, -0.2) is 34.9 Å². The van der Waals surface area contributed by atoms with E-state index in [9.17, 15) is 4.39 Å². The number of rotatable bonds is 2. The zero-order valence-corrected chi connectivity index (χ0v) is 12.5. The maximum Gasteiger partial charge on any atom is 0.258 e. The van der Waals surface area contributed by atoms with Gasteiger partial charge in [-0.25, -0.2) is 4.39 Å². The number of halogens is 1. The molecule has 1 saturated heterocycles. The molecule has 0 spiro atoms. The van der Waals surface area contributed by atoms with E-state index < -0.39 is 0 Å². The summed E-state index contributed by atoms with van der Waals surface area (Å²) in [7, 11) is 0. The van der Waals surface area contributed by atoms with Crippen LogP contribution in [0.2, 0.25) is 0 Å². The molecule has 1 atom stereocenters. The van der Waals surface area contributed by atoms with Gasteiger partial charge in [0, 0.05) is 23.7 Å². The van der Waals surface area contributed by atoms with Gasteiger partial charge in [-0.3, -0.25) is 4.98 Å². The lowest BCUT2D eigenvalue weighted by Crippen LogP contribution is -2.35. The summed E-state index contributed by atoms with van der Waals surface area (Å²) in [6, 6.07) is 6.27. The van der Waals surface area contributed by atoms with Crippen LogP contribution in [0.4, 0.5) is 4.39 Å². The molecule has 4 rings (SSSR count). The van der Waals surface area contributed by atoms with Gasteiger partial charge in [0.05, 0.1) is 30.3 Å². The second-order valence-electron chi connectivity index (χ2n) is 5.51. The van der Waals surface area contributed by atoms with Crippen molar-refractivity contribution >= 4 is 10.9 Å². The van der Waals surface area contributed by atoms with Crippen molar-refractivity contribution in [3.8, 4) is 11.5 Å². The van der Waals surface area contributed by atoms with Crippen molar-refractivity contribution in [3.63, 3.8) is 0 Å². The van der Waals surface area contributed by atoms with Crippen molar-refractivity contribution in [2.45, 2.75) is 13.0 Å². The molecule has 1 aromatic carbocycles. The first-order chi connectivity index (χ1) is 11.2. The van der Waals surface area contributed by atoms with E-state index >= 15 is 0 Å². The molecule has 3 aromatic rings. The maximum atomic E-state index is 13.4. The molecule has 0 bridgehead atoms. The van der Waals surface area contributed by atoms with Crippen LogP contribution in [0.5, 0.6) is 0 Å². The molecule has 0 radical (unpaired) electrons. The quantitative estimate of drug-likeness (QED) is 0.783. The highest BCUT2D eigenvalue weighted by molar-refractivity contribution is 5.92. The third kappa shape index (κ3) is 2.69. The molecular weight excluding hydrogens is 299 g/mol. The van der Waals surface area contributed by atoms with Gasteiger partial charge in [0.1, 0.15) is 5.82 Å². The van der Waals surface area contributed by atoms with Crippen LogP contribution in [0.25, 0.3) is 22.4 Å². The Kier molecular flexibility index (Phi) is 3.51. The summed E-state index contributed by atoms with van der Waals surface area (Å²) in [5.41, 5.74) is 2.08. The van der Waals surface area contributed by atoms with Gasteiger partial charge in [0.2, 0.25) is 0 Å². The van der Waals surface area contributed by atoms with Crippen molar-refractivity contribution in [3.05, 3.63) is 41.6 Å². The Morgan fingerprint density at radius 2 is 2.17 bits per heavy atom. The fourth-order valence-electron chi connectivity index (χ4n) is 2.73. The van der Waals surface area contributed by atoms with Gasteiger partial charge in [-0.05, 0) is 25.1 Å². The number of fused-ring (bicyclic) bond motifs is 1. The van der Waals surface area contributed by atoms with E-state index in [0.717, 1.165) is 23.2 Å². The van der Waals surface area contributed by atoms with Gasteiger partial charge in [-0.15, -0.1) is 0 Å². The Balaban J connectivity index is 1.78. The highest BCUT2D eigenvalue weighted by Crippen LogP contribution is 2.28. The first kappa shape index (κ1) is 14.2. The molecule has 3 heterocycles. The Bertz CT molecular complexity index is 853. The van der Waals surface area contributed by atoms with Crippen molar-refractivity contribution in [2.75, 3.05) is 19.8 Å². The highest BCUT2D eigenvalue weighted by Gasteiger charge is 2.22. The minimum Gasteiger partial charge on any atom is -0.378 e. The zero-order valence-electron chi connectivity index (χ0n) is 12.5. The molecule has 23 heavy (non-hydrogen) atoms. The van der Waals surface area contributed by atoms with E-state index in [-0.39, 0.29) is 11.9 Å². The van der Waals surface area contributed by atoms with E-state index in [1.54, 1.807) is 6.07 Å². The van der Waals surface area contributed by atoms with Gasteiger partial charge < -0.3 is 14.6 Å². The maximum absolute atomic E-state index is 13.4. The molecule has 118 valence electrons. The minimum atomic E-state index is -0.323. The second kappa shape index (κ2) is 5.68. The van der Waals surface area contributed by atoms with Crippen molar-refractivity contribution in [1.29, 1.82) is 0 Å². The van der Waals surface area contributed by atoms with Crippen LogP contribution in [0.15, 0.2) is 28.8 Å². The lowest BCUT2D eigenvalue weighted by Gasteiger charge is -2.20. The van der Waals surface area contributed by atoms with E-state index in [1.807, 2.05) is 13.0 Å². The third-order valence-corrected chi connectivity index (χ3v) is 3.81. The molecule has 1 fully saturated rings. The number of aryl methyl sites for hydroxylation is 1. The fraction of sp³-hybridized carbons (Fsp3) is 0.312. The topological polar surface area (TPSA) is 73.1 Å². The molecule has 0 amide bonds. The number of nitrogens with one attached hydrogen (secondary N) is 1. The number of ether oxygens (including phenoxy) is 1. The summed E-state index contributed by atoms with van der Waals surface area (Å²) in [4.78, 5) is 8.83. The molecule has 1 unspecified atom stereocenters. The van der Waals surface area contributed by atoms with Gasteiger partial charge in [0.25, 0.3) is 5.89 Å². The van der Waals surface area contributed by atoms with E-state index in [4.69, 9.17) is 9.26 Å². The molecule has 1 aliphatic rings. The third-order valence-electron chi connectivity index (χ3n) is 3.81. The van der Waals surface area contributed by atoms with E-state index in [1.165, 1.54) is 12.1 Å². The molecule has 0 aliphatic carbocycles. The summed E-state index contributed by atoms with van der Waals surface area (Å²) >= 11 is 0. The zero-order chi connectivity index (χ0) is 15.8. The number of nitrogens with zero attached hydrogens (tertiary/aromatic N) is 3. The second-order valence-corrected chi connectivity index (χ2v) is 5.51. The molecule has 6 nitrogen and oxygen atoms in total. The average molecular weight is 314 g/mol. The fourth-order valence-corrected chi connectivity index (χ4v) is 2.73. The lowest BCUT2D eigenvalue weighted by molar-refractivity contribution is 0.0734. The smallest absolute Gasteiger partial charge is 0.258 e. The number of aromatic nitrogens is 3. The number of hydrogen-bond donors (Lipinski definition) is 1. The average Bonchev–Trinajstić information content (AvgIpc) is 3.04. The number of benzene rings is 1. The predicted molar refractivity (Wildman–Crippen MR) is 81.3 cm³/mol. The largest absolute Gasteiger partial charge is 0.378 e. The van der Waals surface area contributed by atoms with Gasteiger partial charge in [-0.1, -0.05) is 5.16 Å². The van der Waals surface area contributed by atoms with Gasteiger partial charge >= 0.3 is 0 Å². The summed E-state index contributed by atoms with van der Waals surface area (Å²) in [5, 5.41) is 8.11. The first-order valence-electron chi connectivity index (χ1n) is 7.43. The van der Waals surface area contributed by atoms with Crippen LogP contribution in [-0.2, 0) is 4.74 Å². The highest BCUT2D eigenvalue weighted by atomic mass is 19.1. The van der Waals surface area contributed by atoms with Crippen LogP contribution in [0.1, 0.15) is 17.6 Å².